The number of rotatable bonds is 4. The third-order valence-electron chi connectivity index (χ3n) is 5.87. The molecule has 0 radical (unpaired) electrons. The molecular weight excluding hydrogens is 441 g/mol. The number of hydrogen-bond acceptors (Lipinski definition) is 8. The van der Waals surface area contributed by atoms with E-state index < -0.39 is 11.4 Å². The molecule has 1 N–H and O–H groups in total. The maximum absolute atomic E-state index is 14.8. The van der Waals surface area contributed by atoms with Crippen LogP contribution in [0.5, 0.6) is 0 Å². The first-order valence-corrected chi connectivity index (χ1v) is 11.4. The van der Waals surface area contributed by atoms with Crippen LogP contribution in [0.4, 0.5) is 15.1 Å². The van der Waals surface area contributed by atoms with Crippen molar-refractivity contribution in [3.05, 3.63) is 36.3 Å². The number of likely N-dealkylation sites (tertiary alicyclic amines) is 1. The molecule has 2 aliphatic rings. The van der Waals surface area contributed by atoms with Gasteiger partial charge in [0.2, 0.25) is 5.95 Å². The van der Waals surface area contributed by atoms with E-state index in [0.717, 1.165) is 24.7 Å². The first-order valence-electron chi connectivity index (χ1n) is 11.4. The molecule has 5 rings (SSSR count). The lowest BCUT2D eigenvalue weighted by molar-refractivity contribution is 0.00654. The van der Waals surface area contributed by atoms with E-state index in [1.54, 1.807) is 21.7 Å². The number of piperidine rings is 1. The number of amides is 1. The summed E-state index contributed by atoms with van der Waals surface area (Å²) in [4.78, 5) is 31.5. The standard InChI is InChI=1S/C23H28FN7O3/c1-23(2,3)34-22(32)30-6-4-5-15(10-30)28-21-27-7-16(24)20(29-21)18-8-26-19-9-25-17(11-31(18)19)14-12-33-13-14/h7-9,11,14-15H,4-6,10,12-13H2,1-3H3,(H,27,28,29). The van der Waals surface area contributed by atoms with E-state index in [-0.39, 0.29) is 23.7 Å². The van der Waals surface area contributed by atoms with Gasteiger partial charge in [-0.05, 0) is 33.6 Å². The number of aromatic nitrogens is 5. The molecule has 10 nitrogen and oxygen atoms in total. The molecule has 0 spiro atoms. The first kappa shape index (κ1) is 22.5. The van der Waals surface area contributed by atoms with Crippen LogP contribution in [0.25, 0.3) is 17.0 Å². The second kappa shape index (κ2) is 8.79. The molecule has 2 fully saturated rings. The summed E-state index contributed by atoms with van der Waals surface area (Å²) in [6, 6.07) is -0.0730. The van der Waals surface area contributed by atoms with Crippen LogP contribution in [0.2, 0.25) is 0 Å². The van der Waals surface area contributed by atoms with Gasteiger partial charge in [0.15, 0.2) is 11.5 Å². The van der Waals surface area contributed by atoms with Gasteiger partial charge in [-0.3, -0.25) is 9.38 Å². The molecule has 11 heteroatoms. The molecule has 3 aromatic rings. The van der Waals surface area contributed by atoms with Gasteiger partial charge in [-0.1, -0.05) is 0 Å². The molecule has 5 heterocycles. The van der Waals surface area contributed by atoms with Crippen LogP contribution in [-0.2, 0) is 9.47 Å². The number of nitrogens with zero attached hydrogens (tertiary/aromatic N) is 6. The Balaban J connectivity index is 1.36. The van der Waals surface area contributed by atoms with Crippen LogP contribution >= 0.6 is 0 Å². The van der Waals surface area contributed by atoms with Gasteiger partial charge in [-0.15, -0.1) is 0 Å². The molecule has 34 heavy (non-hydrogen) atoms. The topological polar surface area (TPSA) is 107 Å². The number of hydrogen-bond donors (Lipinski definition) is 1. The number of nitrogens with one attached hydrogen (secondary N) is 1. The summed E-state index contributed by atoms with van der Waals surface area (Å²) in [7, 11) is 0. The van der Waals surface area contributed by atoms with Gasteiger partial charge in [0.1, 0.15) is 11.3 Å². The van der Waals surface area contributed by atoms with Crippen LogP contribution in [-0.4, -0.2) is 73.3 Å². The van der Waals surface area contributed by atoms with Gasteiger partial charge in [0.05, 0.1) is 43.2 Å². The van der Waals surface area contributed by atoms with E-state index in [2.05, 4.69) is 25.3 Å². The normalized spacial score (nSPS) is 19.2. The highest BCUT2D eigenvalue weighted by Crippen LogP contribution is 2.27. The smallest absolute Gasteiger partial charge is 0.410 e. The highest BCUT2D eigenvalue weighted by atomic mass is 19.1. The van der Waals surface area contributed by atoms with Gasteiger partial charge in [0.25, 0.3) is 0 Å². The number of carbonyl (C=O) groups excluding carboxylic acids is 1. The minimum absolute atomic E-state index is 0.0730. The highest BCUT2D eigenvalue weighted by molar-refractivity contribution is 5.68. The van der Waals surface area contributed by atoms with Crippen molar-refractivity contribution in [2.45, 2.75) is 51.2 Å². The van der Waals surface area contributed by atoms with Gasteiger partial charge in [-0.25, -0.2) is 24.1 Å². The molecular formula is C23H28FN7O3. The number of carbonyl (C=O) groups is 1. The Morgan fingerprint density at radius 1 is 1.21 bits per heavy atom. The van der Waals surface area contributed by atoms with Gasteiger partial charge >= 0.3 is 6.09 Å². The maximum atomic E-state index is 14.8. The fourth-order valence-corrected chi connectivity index (χ4v) is 4.08. The molecule has 0 saturated carbocycles. The Morgan fingerprint density at radius 2 is 2.03 bits per heavy atom. The van der Waals surface area contributed by atoms with E-state index in [0.29, 0.717) is 43.6 Å². The summed E-state index contributed by atoms with van der Waals surface area (Å²) < 4.78 is 27.4. The molecule has 0 aromatic carbocycles. The lowest BCUT2D eigenvalue weighted by Crippen LogP contribution is -2.47. The number of imidazole rings is 1. The van der Waals surface area contributed by atoms with Crippen molar-refractivity contribution >= 4 is 17.7 Å². The second-order valence-corrected chi connectivity index (χ2v) is 9.72. The SMILES string of the molecule is CC(C)(C)OC(=O)N1CCCC(Nc2ncc(F)c(-c3cnc4cnc(C5COC5)cn34)n2)C1. The van der Waals surface area contributed by atoms with Crippen LogP contribution in [0.3, 0.4) is 0 Å². The van der Waals surface area contributed by atoms with Crippen LogP contribution in [0.15, 0.2) is 24.8 Å². The predicted molar refractivity (Wildman–Crippen MR) is 122 cm³/mol. The van der Waals surface area contributed by atoms with Crippen molar-refractivity contribution in [2.24, 2.45) is 0 Å². The van der Waals surface area contributed by atoms with Crippen molar-refractivity contribution in [3.63, 3.8) is 0 Å². The van der Waals surface area contributed by atoms with Crippen molar-refractivity contribution in [2.75, 3.05) is 31.6 Å². The lowest BCUT2D eigenvalue weighted by Gasteiger charge is -2.34. The molecule has 0 aliphatic carbocycles. The summed E-state index contributed by atoms with van der Waals surface area (Å²) >= 11 is 0. The van der Waals surface area contributed by atoms with Gasteiger partial charge in [0, 0.05) is 31.2 Å². The quantitative estimate of drug-likeness (QED) is 0.621. The van der Waals surface area contributed by atoms with Crippen molar-refractivity contribution in [1.82, 2.24) is 29.2 Å². The Morgan fingerprint density at radius 3 is 2.76 bits per heavy atom. The zero-order valence-corrected chi connectivity index (χ0v) is 19.5. The molecule has 3 aromatic heterocycles. The summed E-state index contributed by atoms with van der Waals surface area (Å²) in [5.74, 6) is -0.0212. The van der Waals surface area contributed by atoms with E-state index >= 15 is 0 Å². The molecule has 2 saturated heterocycles. The molecule has 180 valence electrons. The highest BCUT2D eigenvalue weighted by Gasteiger charge is 2.28. The Labute approximate surface area is 196 Å². The zero-order valence-electron chi connectivity index (χ0n) is 19.5. The summed E-state index contributed by atoms with van der Waals surface area (Å²) in [6.45, 7) is 7.87. The van der Waals surface area contributed by atoms with E-state index in [9.17, 15) is 9.18 Å². The summed E-state index contributed by atoms with van der Waals surface area (Å²) in [6.07, 6.45) is 7.58. The lowest BCUT2D eigenvalue weighted by atomic mass is 10.1. The third kappa shape index (κ3) is 4.65. The maximum Gasteiger partial charge on any atom is 0.410 e. The second-order valence-electron chi connectivity index (χ2n) is 9.72. The third-order valence-corrected chi connectivity index (χ3v) is 5.87. The summed E-state index contributed by atoms with van der Waals surface area (Å²) in [5, 5.41) is 3.26. The Hall–Kier alpha value is -3.34. The molecule has 1 unspecified atom stereocenters. The first-order chi connectivity index (χ1) is 16.3. The average Bonchev–Trinajstić information content (AvgIpc) is 3.16. The van der Waals surface area contributed by atoms with E-state index in [1.165, 1.54) is 0 Å². The number of halogens is 1. The minimum atomic E-state index is -0.554. The predicted octanol–water partition coefficient (Wildman–Crippen LogP) is 3.25. The van der Waals surface area contributed by atoms with Gasteiger partial charge < -0.3 is 19.7 Å². The minimum Gasteiger partial charge on any atom is -0.444 e. The van der Waals surface area contributed by atoms with Crippen molar-refractivity contribution in [1.29, 1.82) is 0 Å². The zero-order chi connectivity index (χ0) is 23.9. The monoisotopic (exact) mass is 469 g/mol. The van der Waals surface area contributed by atoms with Gasteiger partial charge in [-0.2, -0.15) is 0 Å². The Bertz CT molecular complexity index is 1200. The number of anilines is 1. The largest absolute Gasteiger partial charge is 0.444 e. The average molecular weight is 470 g/mol. The number of ether oxygens (including phenoxy) is 2. The van der Waals surface area contributed by atoms with E-state index in [4.69, 9.17) is 9.47 Å². The van der Waals surface area contributed by atoms with Crippen LogP contribution in [0.1, 0.15) is 45.2 Å². The van der Waals surface area contributed by atoms with Crippen LogP contribution < -0.4 is 5.32 Å². The van der Waals surface area contributed by atoms with Crippen LogP contribution in [0, 0.1) is 5.82 Å². The number of fused-ring (bicyclic) bond motifs is 1. The summed E-state index contributed by atoms with van der Waals surface area (Å²) in [5.41, 5.74) is 1.58. The Kier molecular flexibility index (Phi) is 5.80. The van der Waals surface area contributed by atoms with Crippen molar-refractivity contribution < 1.29 is 18.7 Å². The molecule has 1 atom stereocenters. The van der Waals surface area contributed by atoms with Crippen molar-refractivity contribution in [3.8, 4) is 11.4 Å². The fraction of sp³-hybridized carbons (Fsp3) is 0.522. The molecule has 1 amide bonds. The van der Waals surface area contributed by atoms with E-state index in [1.807, 2.05) is 27.0 Å². The molecule has 0 bridgehead atoms. The molecule has 2 aliphatic heterocycles. The fourth-order valence-electron chi connectivity index (χ4n) is 4.08.